The van der Waals surface area contributed by atoms with Crippen LogP contribution in [0.2, 0.25) is 0 Å². The summed E-state index contributed by atoms with van der Waals surface area (Å²) in [5, 5.41) is 15.5. The Balaban J connectivity index is 1.57. The highest BCUT2D eigenvalue weighted by atomic mass is 32.1. The van der Waals surface area contributed by atoms with Crippen molar-refractivity contribution in [2.75, 3.05) is 5.32 Å². The molecule has 1 aromatic carbocycles. The predicted octanol–water partition coefficient (Wildman–Crippen LogP) is 4.55. The van der Waals surface area contributed by atoms with Gasteiger partial charge in [0.15, 0.2) is 5.82 Å². The van der Waals surface area contributed by atoms with Gasteiger partial charge in [0, 0.05) is 35.9 Å². The van der Waals surface area contributed by atoms with Gasteiger partial charge in [-0.1, -0.05) is 12.1 Å². The summed E-state index contributed by atoms with van der Waals surface area (Å²) in [5.74, 6) is 1.27. The summed E-state index contributed by atoms with van der Waals surface area (Å²) in [6, 6.07) is 6.64. The number of nitro groups is 1. The van der Waals surface area contributed by atoms with Gasteiger partial charge in [-0.3, -0.25) is 15.1 Å². The normalized spacial score (nSPS) is 13.2. The van der Waals surface area contributed by atoms with Crippen LogP contribution in [0.1, 0.15) is 28.8 Å². The number of fused-ring (bicyclic) bond motifs is 3. The van der Waals surface area contributed by atoms with Crippen LogP contribution in [0.5, 0.6) is 0 Å². The number of rotatable bonds is 5. The highest BCUT2D eigenvalue weighted by Crippen LogP contribution is 2.39. The van der Waals surface area contributed by atoms with Crippen molar-refractivity contribution < 1.29 is 4.92 Å². The van der Waals surface area contributed by atoms with E-state index in [2.05, 4.69) is 15.3 Å². The van der Waals surface area contributed by atoms with E-state index in [1.165, 1.54) is 22.9 Å². The molecular weight excluding hydrogens is 400 g/mol. The Labute approximate surface area is 176 Å². The first-order valence-corrected chi connectivity index (χ1v) is 10.6. The lowest BCUT2D eigenvalue weighted by Crippen LogP contribution is -2.06. The number of hydrogen-bond acceptors (Lipinski definition) is 8. The average Bonchev–Trinajstić information content (AvgIpc) is 3.17. The van der Waals surface area contributed by atoms with Gasteiger partial charge in [0.2, 0.25) is 0 Å². The lowest BCUT2D eigenvalue weighted by Gasteiger charge is -2.13. The molecule has 0 aliphatic heterocycles. The Morgan fingerprint density at radius 2 is 2.07 bits per heavy atom. The molecule has 150 valence electrons. The second-order valence-electron chi connectivity index (χ2n) is 7.16. The molecule has 0 saturated heterocycles. The SMILES string of the molecule is O=[N+]([O-])c1cccc(CNc2nc(-c3cnccn3)nc3sc4c(c23)CCCC4)c1. The molecule has 0 radical (unpaired) electrons. The second-order valence-corrected chi connectivity index (χ2v) is 8.24. The van der Waals surface area contributed by atoms with Gasteiger partial charge in [-0.2, -0.15) is 0 Å². The fourth-order valence-corrected chi connectivity index (χ4v) is 5.04. The molecule has 4 aromatic rings. The number of anilines is 1. The number of nitrogens with zero attached hydrogens (tertiary/aromatic N) is 5. The minimum Gasteiger partial charge on any atom is -0.365 e. The Kier molecular flexibility index (Phi) is 4.80. The lowest BCUT2D eigenvalue weighted by atomic mass is 9.97. The van der Waals surface area contributed by atoms with Crippen LogP contribution in [-0.2, 0) is 19.4 Å². The highest BCUT2D eigenvalue weighted by Gasteiger charge is 2.22. The minimum atomic E-state index is -0.381. The van der Waals surface area contributed by atoms with Gasteiger partial charge in [-0.15, -0.1) is 11.3 Å². The van der Waals surface area contributed by atoms with E-state index in [-0.39, 0.29) is 10.6 Å². The van der Waals surface area contributed by atoms with Gasteiger partial charge in [-0.25, -0.2) is 15.0 Å². The van der Waals surface area contributed by atoms with Crippen LogP contribution in [0.15, 0.2) is 42.9 Å². The number of hydrogen-bond donors (Lipinski definition) is 1. The molecule has 3 heterocycles. The van der Waals surface area contributed by atoms with Crippen LogP contribution >= 0.6 is 11.3 Å². The molecule has 3 aromatic heterocycles. The zero-order chi connectivity index (χ0) is 20.5. The molecule has 8 nitrogen and oxygen atoms in total. The Hall–Kier alpha value is -3.46. The minimum absolute atomic E-state index is 0.0790. The van der Waals surface area contributed by atoms with E-state index in [1.54, 1.807) is 42.1 Å². The molecule has 1 aliphatic rings. The van der Waals surface area contributed by atoms with Crippen molar-refractivity contribution in [3.05, 3.63) is 69.0 Å². The van der Waals surface area contributed by atoms with Gasteiger partial charge < -0.3 is 5.32 Å². The summed E-state index contributed by atoms with van der Waals surface area (Å²) in [5.41, 5.74) is 2.84. The van der Waals surface area contributed by atoms with Gasteiger partial charge in [0.25, 0.3) is 5.69 Å². The van der Waals surface area contributed by atoms with Gasteiger partial charge in [-0.05, 0) is 36.8 Å². The van der Waals surface area contributed by atoms with Crippen LogP contribution in [0.25, 0.3) is 21.7 Å². The summed E-state index contributed by atoms with van der Waals surface area (Å²) in [6.07, 6.45) is 9.34. The summed E-state index contributed by atoms with van der Waals surface area (Å²) in [7, 11) is 0. The Morgan fingerprint density at radius 3 is 2.90 bits per heavy atom. The van der Waals surface area contributed by atoms with Crippen molar-refractivity contribution in [3.63, 3.8) is 0 Å². The summed E-state index contributed by atoms with van der Waals surface area (Å²) < 4.78 is 0. The zero-order valence-electron chi connectivity index (χ0n) is 16.0. The van der Waals surface area contributed by atoms with Crippen LogP contribution in [0, 0.1) is 10.1 Å². The average molecular weight is 418 g/mol. The van der Waals surface area contributed by atoms with Crippen molar-refractivity contribution in [3.8, 4) is 11.5 Å². The summed E-state index contributed by atoms with van der Waals surface area (Å²) >= 11 is 1.72. The number of aryl methyl sites for hydroxylation is 2. The third-order valence-electron chi connectivity index (χ3n) is 5.19. The Bertz CT molecular complexity index is 1240. The molecule has 0 saturated carbocycles. The van der Waals surface area contributed by atoms with Gasteiger partial charge >= 0.3 is 0 Å². The summed E-state index contributed by atoms with van der Waals surface area (Å²) in [4.78, 5) is 31.0. The van der Waals surface area contributed by atoms with Crippen LogP contribution in [-0.4, -0.2) is 24.9 Å². The first-order valence-electron chi connectivity index (χ1n) is 9.75. The third-order valence-corrected chi connectivity index (χ3v) is 6.37. The maximum Gasteiger partial charge on any atom is 0.269 e. The third kappa shape index (κ3) is 3.48. The molecule has 0 bridgehead atoms. The molecule has 0 unspecified atom stereocenters. The van der Waals surface area contributed by atoms with Crippen molar-refractivity contribution in [2.24, 2.45) is 0 Å². The number of benzene rings is 1. The maximum absolute atomic E-state index is 11.1. The van der Waals surface area contributed by atoms with Crippen molar-refractivity contribution in [2.45, 2.75) is 32.2 Å². The fourth-order valence-electron chi connectivity index (χ4n) is 3.78. The van der Waals surface area contributed by atoms with E-state index in [9.17, 15) is 10.1 Å². The first-order chi connectivity index (χ1) is 14.7. The molecule has 0 atom stereocenters. The van der Waals surface area contributed by atoms with Crippen LogP contribution < -0.4 is 5.32 Å². The molecule has 1 aliphatic carbocycles. The Morgan fingerprint density at radius 1 is 1.17 bits per heavy atom. The number of non-ortho nitro benzene ring substituents is 1. The molecule has 30 heavy (non-hydrogen) atoms. The molecular formula is C21H18N6O2S. The van der Waals surface area contributed by atoms with Crippen molar-refractivity contribution in [1.29, 1.82) is 0 Å². The van der Waals surface area contributed by atoms with Crippen LogP contribution in [0.4, 0.5) is 11.5 Å². The van der Waals surface area contributed by atoms with Crippen molar-refractivity contribution >= 4 is 33.1 Å². The van der Waals surface area contributed by atoms with E-state index in [0.29, 0.717) is 18.1 Å². The number of nitrogens with one attached hydrogen (secondary N) is 1. The second kappa shape index (κ2) is 7.75. The molecule has 9 heteroatoms. The quantitative estimate of drug-likeness (QED) is 0.374. The smallest absolute Gasteiger partial charge is 0.269 e. The van der Waals surface area contributed by atoms with Crippen molar-refractivity contribution in [1.82, 2.24) is 19.9 Å². The monoisotopic (exact) mass is 418 g/mol. The standard InChI is InChI=1S/C21H18N6O2S/c28-27(29)14-5-3-4-13(10-14)11-24-20-18-15-6-1-2-7-17(15)30-21(18)26-19(25-20)16-12-22-8-9-23-16/h3-5,8-10,12H,1-2,6-7,11H2,(H,24,25,26). The van der Waals surface area contributed by atoms with E-state index in [4.69, 9.17) is 9.97 Å². The largest absolute Gasteiger partial charge is 0.365 e. The highest BCUT2D eigenvalue weighted by molar-refractivity contribution is 7.19. The molecule has 0 amide bonds. The topological polar surface area (TPSA) is 107 Å². The number of aromatic nitrogens is 4. The molecule has 0 spiro atoms. The summed E-state index contributed by atoms with van der Waals surface area (Å²) in [6.45, 7) is 0.429. The molecule has 5 rings (SSSR count). The van der Waals surface area contributed by atoms with Gasteiger partial charge in [0.1, 0.15) is 16.3 Å². The van der Waals surface area contributed by atoms with E-state index < -0.39 is 0 Å². The first kappa shape index (κ1) is 18.6. The maximum atomic E-state index is 11.1. The van der Waals surface area contributed by atoms with E-state index >= 15 is 0 Å². The zero-order valence-corrected chi connectivity index (χ0v) is 16.9. The van der Waals surface area contributed by atoms with Gasteiger partial charge in [0.05, 0.1) is 16.5 Å². The lowest BCUT2D eigenvalue weighted by molar-refractivity contribution is -0.384. The molecule has 0 fully saturated rings. The fraction of sp³-hybridized carbons (Fsp3) is 0.238. The van der Waals surface area contributed by atoms with E-state index in [0.717, 1.165) is 40.9 Å². The van der Waals surface area contributed by atoms with E-state index in [1.807, 2.05) is 6.07 Å². The molecule has 1 N–H and O–H groups in total. The predicted molar refractivity (Wildman–Crippen MR) is 116 cm³/mol. The number of nitro benzene ring substituents is 1. The number of thiophene rings is 1. The van der Waals surface area contributed by atoms with Crippen LogP contribution in [0.3, 0.4) is 0 Å².